The summed E-state index contributed by atoms with van der Waals surface area (Å²) in [4.78, 5) is 21.8. The van der Waals surface area contributed by atoms with Crippen molar-refractivity contribution in [3.05, 3.63) is 83.1 Å². The van der Waals surface area contributed by atoms with Gasteiger partial charge in [0.25, 0.3) is 5.91 Å². The second kappa shape index (κ2) is 9.26. The fourth-order valence-electron chi connectivity index (χ4n) is 3.91. The molecule has 0 aliphatic carbocycles. The molecule has 10 heteroatoms. The van der Waals surface area contributed by atoms with E-state index in [9.17, 15) is 13.2 Å². The minimum Gasteiger partial charge on any atom is -0.359 e. The van der Waals surface area contributed by atoms with Crippen LogP contribution in [0.5, 0.6) is 0 Å². The molecule has 8 nitrogen and oxygen atoms in total. The highest BCUT2D eigenvalue weighted by Crippen LogP contribution is 2.31. The minimum atomic E-state index is -3.44. The van der Waals surface area contributed by atoms with Crippen LogP contribution in [-0.2, 0) is 14.8 Å². The van der Waals surface area contributed by atoms with Crippen molar-refractivity contribution in [2.45, 2.75) is 6.92 Å². The number of anilines is 2. The van der Waals surface area contributed by atoms with Crippen molar-refractivity contribution >= 4 is 49.8 Å². The van der Waals surface area contributed by atoms with E-state index in [1.165, 1.54) is 4.31 Å². The Labute approximate surface area is 207 Å². The Hall–Kier alpha value is -3.53. The summed E-state index contributed by atoms with van der Waals surface area (Å²) >= 11 is 6.45. The highest BCUT2D eigenvalue weighted by Gasteiger charge is 2.27. The van der Waals surface area contributed by atoms with Crippen LogP contribution in [0.1, 0.15) is 15.9 Å². The third kappa shape index (κ3) is 4.70. The lowest BCUT2D eigenvalue weighted by atomic mass is 10.1. The van der Waals surface area contributed by atoms with Gasteiger partial charge < -0.3 is 10.1 Å². The van der Waals surface area contributed by atoms with Crippen LogP contribution in [0.25, 0.3) is 22.2 Å². The maximum absolute atomic E-state index is 13.0. The van der Waals surface area contributed by atoms with Crippen LogP contribution in [0, 0.1) is 6.92 Å². The van der Waals surface area contributed by atoms with Gasteiger partial charge in [-0.25, -0.2) is 17.7 Å². The van der Waals surface area contributed by atoms with Crippen molar-refractivity contribution in [1.29, 1.82) is 0 Å². The number of sulfonamides is 1. The first-order valence-corrected chi connectivity index (χ1v) is 12.8. The number of ether oxygens (including phenoxy) is 1. The molecule has 2 aromatic carbocycles. The quantitative estimate of drug-likeness (QED) is 0.431. The molecule has 178 valence electrons. The molecular weight excluding hydrogens is 488 g/mol. The van der Waals surface area contributed by atoms with E-state index in [0.717, 1.165) is 10.9 Å². The summed E-state index contributed by atoms with van der Waals surface area (Å²) < 4.78 is 31.2. The molecule has 0 atom stereocenters. The zero-order valence-corrected chi connectivity index (χ0v) is 20.3. The van der Waals surface area contributed by atoms with Crippen molar-refractivity contribution in [3.8, 4) is 11.3 Å². The predicted octanol–water partition coefficient (Wildman–Crippen LogP) is 4.63. The first kappa shape index (κ1) is 23.2. The molecular formula is C25H21ClN4O4S. The fourth-order valence-corrected chi connectivity index (χ4v) is 5.34. The maximum atomic E-state index is 13.0. The number of aromatic nitrogens is 2. The van der Waals surface area contributed by atoms with Gasteiger partial charge >= 0.3 is 0 Å². The molecule has 1 fully saturated rings. The molecule has 1 aliphatic rings. The van der Waals surface area contributed by atoms with Gasteiger partial charge in [-0.05, 0) is 67.1 Å². The Bertz CT molecular complexity index is 1560. The van der Waals surface area contributed by atoms with Crippen LogP contribution in [0.2, 0.25) is 5.02 Å². The zero-order valence-electron chi connectivity index (χ0n) is 18.7. The van der Waals surface area contributed by atoms with Gasteiger partial charge in [-0.3, -0.25) is 9.78 Å². The molecule has 1 saturated heterocycles. The van der Waals surface area contributed by atoms with E-state index >= 15 is 0 Å². The van der Waals surface area contributed by atoms with E-state index in [-0.39, 0.29) is 25.0 Å². The van der Waals surface area contributed by atoms with Crippen LogP contribution < -0.4 is 9.62 Å². The Kier molecular flexibility index (Phi) is 6.14. The number of hydrogen-bond acceptors (Lipinski definition) is 6. The fraction of sp³-hybridized carbons (Fsp3) is 0.160. The number of aryl methyl sites for hydroxylation is 1. The monoisotopic (exact) mass is 508 g/mol. The Morgan fingerprint density at radius 1 is 1.11 bits per heavy atom. The summed E-state index contributed by atoms with van der Waals surface area (Å²) in [6.07, 6.45) is 3.42. The summed E-state index contributed by atoms with van der Waals surface area (Å²) in [6, 6.07) is 15.7. The number of amides is 1. The molecule has 1 amide bonds. The van der Waals surface area contributed by atoms with Gasteiger partial charge in [0.15, 0.2) is 0 Å². The molecule has 4 aromatic rings. The number of pyridine rings is 2. The average Bonchev–Trinajstić information content (AvgIpc) is 2.84. The molecule has 3 heterocycles. The van der Waals surface area contributed by atoms with Crippen LogP contribution in [0.3, 0.4) is 0 Å². The van der Waals surface area contributed by atoms with Crippen LogP contribution >= 0.6 is 11.6 Å². The van der Waals surface area contributed by atoms with Gasteiger partial charge in [-0.15, -0.1) is 0 Å². The molecule has 2 aromatic heterocycles. The van der Waals surface area contributed by atoms with Gasteiger partial charge in [0.05, 0.1) is 34.3 Å². The van der Waals surface area contributed by atoms with Gasteiger partial charge in [-0.2, -0.15) is 0 Å². The van der Waals surface area contributed by atoms with Crippen molar-refractivity contribution in [3.63, 3.8) is 0 Å². The highest BCUT2D eigenvalue weighted by molar-refractivity contribution is 7.92. The van der Waals surface area contributed by atoms with Crippen LogP contribution in [0.4, 0.5) is 11.4 Å². The first-order valence-electron chi connectivity index (χ1n) is 10.8. The van der Waals surface area contributed by atoms with E-state index in [0.29, 0.717) is 38.8 Å². The van der Waals surface area contributed by atoms with E-state index in [1.54, 1.807) is 55.7 Å². The van der Waals surface area contributed by atoms with Crippen molar-refractivity contribution in [2.24, 2.45) is 0 Å². The second-order valence-electron chi connectivity index (χ2n) is 8.11. The number of halogens is 1. The van der Waals surface area contributed by atoms with Crippen molar-refractivity contribution in [2.75, 3.05) is 28.7 Å². The topological polar surface area (TPSA) is 101 Å². The third-order valence-corrected chi connectivity index (χ3v) is 7.76. The smallest absolute Gasteiger partial charge is 0.255 e. The summed E-state index contributed by atoms with van der Waals surface area (Å²) in [7, 11) is -3.44. The molecule has 0 unspecified atom stereocenters. The highest BCUT2D eigenvalue weighted by atomic mass is 35.5. The van der Waals surface area contributed by atoms with Gasteiger partial charge in [0.1, 0.15) is 6.73 Å². The molecule has 5 rings (SSSR count). The number of carbonyl (C=O) groups is 1. The predicted molar refractivity (Wildman–Crippen MR) is 136 cm³/mol. The second-order valence-corrected chi connectivity index (χ2v) is 10.5. The number of nitrogens with zero attached hydrogens (tertiary/aromatic N) is 3. The lowest BCUT2D eigenvalue weighted by Crippen LogP contribution is -2.41. The molecule has 0 spiro atoms. The van der Waals surface area contributed by atoms with E-state index in [4.69, 9.17) is 16.3 Å². The van der Waals surface area contributed by atoms with Crippen molar-refractivity contribution < 1.29 is 17.9 Å². The van der Waals surface area contributed by atoms with Gasteiger partial charge in [0, 0.05) is 34.6 Å². The molecule has 0 bridgehead atoms. The van der Waals surface area contributed by atoms with Gasteiger partial charge in [-0.1, -0.05) is 11.6 Å². The summed E-state index contributed by atoms with van der Waals surface area (Å²) in [5.41, 5.74) is 4.24. The molecule has 0 saturated carbocycles. The Morgan fingerprint density at radius 3 is 2.77 bits per heavy atom. The summed E-state index contributed by atoms with van der Waals surface area (Å²) in [5.74, 6) is -0.395. The largest absolute Gasteiger partial charge is 0.359 e. The Morgan fingerprint density at radius 2 is 1.97 bits per heavy atom. The maximum Gasteiger partial charge on any atom is 0.255 e. The van der Waals surface area contributed by atoms with Crippen LogP contribution in [-0.4, -0.2) is 43.4 Å². The normalized spacial score (nSPS) is 15.2. The molecule has 1 aliphatic heterocycles. The molecule has 35 heavy (non-hydrogen) atoms. The lowest BCUT2D eigenvalue weighted by Gasteiger charge is -2.28. The number of carbonyl (C=O) groups excluding carboxylic acids is 1. The van der Waals surface area contributed by atoms with E-state index < -0.39 is 10.0 Å². The zero-order chi connectivity index (χ0) is 24.6. The minimum absolute atomic E-state index is 0.0415. The number of rotatable bonds is 4. The van der Waals surface area contributed by atoms with Gasteiger partial charge in [0.2, 0.25) is 10.0 Å². The number of benzene rings is 2. The van der Waals surface area contributed by atoms with E-state index in [1.807, 2.05) is 18.2 Å². The summed E-state index contributed by atoms with van der Waals surface area (Å²) in [5, 5.41) is 4.32. The number of nitrogens with one attached hydrogen (secondary N) is 1. The molecule has 0 radical (unpaired) electrons. The lowest BCUT2D eigenvalue weighted by molar-refractivity contribution is 0.102. The standard InChI is InChI=1S/C25H21ClN4O4S/c1-16-12-19(30-15-34-10-11-35(30,32)33)4-5-20(16)25(31)28-18-3-6-22(26)21(13-18)24-7-2-17-14-27-9-8-23(17)29-24/h2-9,12-14H,10-11,15H2,1H3,(H,28,31). The van der Waals surface area contributed by atoms with E-state index in [2.05, 4.69) is 15.3 Å². The first-order chi connectivity index (χ1) is 16.8. The average molecular weight is 509 g/mol. The third-order valence-electron chi connectivity index (χ3n) is 5.76. The van der Waals surface area contributed by atoms with Crippen molar-refractivity contribution in [1.82, 2.24) is 9.97 Å². The Balaban J connectivity index is 1.40. The number of fused-ring (bicyclic) bond motifs is 1. The van der Waals surface area contributed by atoms with Crippen LogP contribution in [0.15, 0.2) is 67.0 Å². The summed E-state index contributed by atoms with van der Waals surface area (Å²) in [6.45, 7) is 1.89. The SMILES string of the molecule is Cc1cc(N2COCCS2(=O)=O)ccc1C(=O)Nc1ccc(Cl)c(-c2ccc3cnccc3n2)c1. The molecule has 1 N–H and O–H groups in total. The number of hydrogen-bond donors (Lipinski definition) is 1.